The highest BCUT2D eigenvalue weighted by Gasteiger charge is 2.41. The second kappa shape index (κ2) is 7.48. The van der Waals surface area contributed by atoms with E-state index >= 15 is 0 Å². The molecular weight excluding hydrogens is 244 g/mol. The molecule has 2 N–H and O–H groups in total. The average Bonchev–Trinajstić information content (AvgIpc) is 2.64. The van der Waals surface area contributed by atoms with Crippen molar-refractivity contribution in [3.8, 4) is 0 Å². The highest BCUT2D eigenvalue weighted by Crippen LogP contribution is 2.28. The lowest BCUT2D eigenvalue weighted by Crippen LogP contribution is -2.56. The Labute approximate surface area is 115 Å². The van der Waals surface area contributed by atoms with Gasteiger partial charge in [0.05, 0.1) is 7.11 Å². The highest BCUT2D eigenvalue weighted by molar-refractivity contribution is 5.89. The van der Waals surface area contributed by atoms with E-state index in [0.717, 1.165) is 25.7 Å². The lowest BCUT2D eigenvalue weighted by molar-refractivity contribution is -0.152. The molecule has 0 aromatic rings. The van der Waals surface area contributed by atoms with Crippen LogP contribution in [0.2, 0.25) is 0 Å². The summed E-state index contributed by atoms with van der Waals surface area (Å²) >= 11 is 0. The second-order valence-corrected chi connectivity index (χ2v) is 5.44. The average molecular weight is 270 g/mol. The van der Waals surface area contributed by atoms with Crippen molar-refractivity contribution in [2.45, 2.75) is 51.0 Å². The zero-order chi connectivity index (χ0) is 14.3. The van der Waals surface area contributed by atoms with Crippen LogP contribution in [0, 0.1) is 5.92 Å². The monoisotopic (exact) mass is 270 g/mol. The maximum absolute atomic E-state index is 12.2. The van der Waals surface area contributed by atoms with Gasteiger partial charge in [0.25, 0.3) is 0 Å². The Hall–Kier alpha value is -1.10. The van der Waals surface area contributed by atoms with Crippen LogP contribution in [0.4, 0.5) is 0 Å². The van der Waals surface area contributed by atoms with Gasteiger partial charge in [-0.2, -0.15) is 0 Å². The maximum Gasteiger partial charge on any atom is 0.331 e. The number of carbonyl (C=O) groups is 2. The summed E-state index contributed by atoms with van der Waals surface area (Å²) in [6.45, 7) is 2.45. The molecule has 5 nitrogen and oxygen atoms in total. The molecule has 1 amide bonds. The fraction of sp³-hybridized carbons (Fsp3) is 0.857. The quantitative estimate of drug-likeness (QED) is 0.582. The third kappa shape index (κ3) is 4.20. The summed E-state index contributed by atoms with van der Waals surface area (Å²) in [7, 11) is 3.20. The van der Waals surface area contributed by atoms with Gasteiger partial charge in [0, 0.05) is 12.5 Å². The van der Waals surface area contributed by atoms with Gasteiger partial charge < -0.3 is 15.4 Å². The molecule has 1 atom stereocenters. The summed E-state index contributed by atoms with van der Waals surface area (Å²) < 4.78 is 4.92. The Kier molecular flexibility index (Phi) is 6.28. The van der Waals surface area contributed by atoms with Crippen LogP contribution in [0.25, 0.3) is 0 Å². The van der Waals surface area contributed by atoms with Gasteiger partial charge in [-0.25, -0.2) is 4.79 Å². The molecule has 1 fully saturated rings. The second-order valence-electron chi connectivity index (χ2n) is 5.44. The molecule has 1 saturated carbocycles. The molecule has 0 spiro atoms. The largest absolute Gasteiger partial charge is 0.467 e. The molecule has 0 saturated heterocycles. The minimum absolute atomic E-state index is 0.0818. The van der Waals surface area contributed by atoms with Crippen molar-refractivity contribution in [1.82, 2.24) is 10.6 Å². The Morgan fingerprint density at radius 2 is 1.79 bits per heavy atom. The summed E-state index contributed by atoms with van der Waals surface area (Å²) in [5.74, 6) is -0.546. The summed E-state index contributed by atoms with van der Waals surface area (Å²) in [6, 6.07) is 0. The Morgan fingerprint density at radius 1 is 1.21 bits per heavy atom. The normalized spacial score (nSPS) is 20.2. The molecular formula is C14H26N2O3. The standard InChI is InChI=1S/C14H26N2O3/c1-11(10-15-2)12(17)16-14(13(18)19-3)8-6-4-5-7-9-14/h11,15H,4-10H2,1-3H3,(H,16,17). The number of hydrogen-bond donors (Lipinski definition) is 2. The summed E-state index contributed by atoms with van der Waals surface area (Å²) in [4.78, 5) is 24.3. The molecule has 1 rings (SSSR count). The third-order valence-corrected chi connectivity index (χ3v) is 3.85. The topological polar surface area (TPSA) is 67.4 Å². The third-order valence-electron chi connectivity index (χ3n) is 3.85. The molecule has 5 heteroatoms. The summed E-state index contributed by atoms with van der Waals surface area (Å²) in [6.07, 6.45) is 5.49. The number of esters is 1. The minimum Gasteiger partial charge on any atom is -0.467 e. The number of nitrogens with one attached hydrogen (secondary N) is 2. The van der Waals surface area contributed by atoms with Crippen molar-refractivity contribution in [1.29, 1.82) is 0 Å². The summed E-state index contributed by atoms with van der Waals surface area (Å²) in [5.41, 5.74) is -0.815. The van der Waals surface area contributed by atoms with Crippen LogP contribution < -0.4 is 10.6 Å². The lowest BCUT2D eigenvalue weighted by atomic mass is 9.89. The molecule has 0 aliphatic heterocycles. The summed E-state index contributed by atoms with van der Waals surface area (Å²) in [5, 5.41) is 5.93. The molecule has 0 bridgehead atoms. The van der Waals surface area contributed by atoms with E-state index in [2.05, 4.69) is 10.6 Å². The molecule has 110 valence electrons. The molecule has 1 aliphatic rings. The Morgan fingerprint density at radius 3 is 2.26 bits per heavy atom. The predicted molar refractivity (Wildman–Crippen MR) is 73.7 cm³/mol. The molecule has 0 aromatic carbocycles. The van der Waals surface area contributed by atoms with Crippen molar-refractivity contribution in [2.24, 2.45) is 5.92 Å². The Balaban J connectivity index is 2.79. The first-order valence-corrected chi connectivity index (χ1v) is 7.11. The lowest BCUT2D eigenvalue weighted by Gasteiger charge is -2.32. The molecule has 1 aliphatic carbocycles. The van der Waals surface area contributed by atoms with Crippen LogP contribution in [-0.2, 0) is 14.3 Å². The van der Waals surface area contributed by atoms with Crippen molar-refractivity contribution in [3.63, 3.8) is 0 Å². The molecule has 19 heavy (non-hydrogen) atoms. The van der Waals surface area contributed by atoms with Crippen LogP contribution in [0.5, 0.6) is 0 Å². The number of carbonyl (C=O) groups excluding carboxylic acids is 2. The van der Waals surface area contributed by atoms with E-state index in [1.54, 1.807) is 0 Å². The van der Waals surface area contributed by atoms with Gasteiger partial charge in [0.2, 0.25) is 5.91 Å². The first-order chi connectivity index (χ1) is 9.05. The van der Waals surface area contributed by atoms with E-state index in [1.165, 1.54) is 7.11 Å². The van der Waals surface area contributed by atoms with Crippen LogP contribution in [0.1, 0.15) is 45.4 Å². The van der Waals surface area contributed by atoms with Gasteiger partial charge in [-0.15, -0.1) is 0 Å². The van der Waals surface area contributed by atoms with Crippen molar-refractivity contribution in [3.05, 3.63) is 0 Å². The van der Waals surface area contributed by atoms with E-state index in [4.69, 9.17) is 4.74 Å². The molecule has 1 unspecified atom stereocenters. The fourth-order valence-electron chi connectivity index (χ4n) is 2.67. The molecule has 0 radical (unpaired) electrons. The highest BCUT2D eigenvalue weighted by atomic mass is 16.5. The van der Waals surface area contributed by atoms with Crippen molar-refractivity contribution >= 4 is 11.9 Å². The number of ether oxygens (including phenoxy) is 1. The van der Waals surface area contributed by atoms with Crippen LogP contribution in [0.15, 0.2) is 0 Å². The van der Waals surface area contributed by atoms with E-state index in [9.17, 15) is 9.59 Å². The SMILES string of the molecule is CNCC(C)C(=O)NC1(C(=O)OC)CCCCCC1. The van der Waals surface area contributed by atoms with E-state index < -0.39 is 5.54 Å². The van der Waals surface area contributed by atoms with Crippen LogP contribution in [-0.4, -0.2) is 38.1 Å². The fourth-order valence-corrected chi connectivity index (χ4v) is 2.67. The van der Waals surface area contributed by atoms with E-state index in [1.807, 2.05) is 14.0 Å². The zero-order valence-corrected chi connectivity index (χ0v) is 12.3. The molecule has 0 heterocycles. The number of amides is 1. The van der Waals surface area contributed by atoms with Crippen molar-refractivity contribution in [2.75, 3.05) is 20.7 Å². The smallest absolute Gasteiger partial charge is 0.331 e. The van der Waals surface area contributed by atoms with Gasteiger partial charge >= 0.3 is 5.97 Å². The van der Waals surface area contributed by atoms with Gasteiger partial charge in [0.15, 0.2) is 0 Å². The van der Waals surface area contributed by atoms with E-state index in [-0.39, 0.29) is 17.8 Å². The van der Waals surface area contributed by atoms with Crippen LogP contribution in [0.3, 0.4) is 0 Å². The predicted octanol–water partition coefficient (Wildman–Crippen LogP) is 1.22. The first kappa shape index (κ1) is 16.0. The number of methoxy groups -OCH3 is 1. The van der Waals surface area contributed by atoms with E-state index in [0.29, 0.717) is 19.4 Å². The zero-order valence-electron chi connectivity index (χ0n) is 12.3. The van der Waals surface area contributed by atoms with Gasteiger partial charge in [-0.05, 0) is 19.9 Å². The minimum atomic E-state index is -0.815. The Bertz CT molecular complexity index is 310. The number of rotatable bonds is 5. The molecule has 0 aromatic heterocycles. The maximum atomic E-state index is 12.2. The number of hydrogen-bond acceptors (Lipinski definition) is 4. The van der Waals surface area contributed by atoms with Gasteiger partial charge in [-0.3, -0.25) is 4.79 Å². The van der Waals surface area contributed by atoms with Crippen molar-refractivity contribution < 1.29 is 14.3 Å². The first-order valence-electron chi connectivity index (χ1n) is 7.11. The van der Waals surface area contributed by atoms with Crippen LogP contribution >= 0.6 is 0 Å². The van der Waals surface area contributed by atoms with Gasteiger partial charge in [0.1, 0.15) is 5.54 Å². The van der Waals surface area contributed by atoms with Gasteiger partial charge in [-0.1, -0.05) is 32.6 Å².